The van der Waals surface area contributed by atoms with Crippen molar-refractivity contribution in [2.24, 2.45) is 0 Å². The standard InChI is InChI=1S/C11H15NO4/c1-8-6-9(11(13)14)7-10(12-8)16-5-3-4-15-2/h6-7H,3-5H2,1-2H3,(H,13,14). The van der Waals surface area contributed by atoms with Gasteiger partial charge < -0.3 is 14.6 Å². The van der Waals surface area contributed by atoms with E-state index in [1.807, 2.05) is 0 Å². The van der Waals surface area contributed by atoms with Crippen molar-refractivity contribution in [3.05, 3.63) is 23.4 Å². The van der Waals surface area contributed by atoms with Crippen LogP contribution in [0.4, 0.5) is 0 Å². The molecule has 0 unspecified atom stereocenters. The lowest BCUT2D eigenvalue weighted by Crippen LogP contribution is -2.05. The van der Waals surface area contributed by atoms with Gasteiger partial charge in [-0.1, -0.05) is 0 Å². The predicted octanol–water partition coefficient (Wildman–Crippen LogP) is 1.50. The SMILES string of the molecule is COCCCOc1cc(C(=O)O)cc(C)n1. The number of nitrogens with zero attached hydrogens (tertiary/aromatic N) is 1. The highest BCUT2D eigenvalue weighted by molar-refractivity contribution is 5.87. The molecule has 5 heteroatoms. The first kappa shape index (κ1) is 12.4. The molecule has 0 aromatic carbocycles. The number of rotatable bonds is 6. The number of methoxy groups -OCH3 is 1. The van der Waals surface area contributed by atoms with E-state index in [-0.39, 0.29) is 5.56 Å². The molecule has 0 radical (unpaired) electrons. The van der Waals surface area contributed by atoms with Gasteiger partial charge >= 0.3 is 5.97 Å². The number of aromatic nitrogens is 1. The minimum absolute atomic E-state index is 0.189. The summed E-state index contributed by atoms with van der Waals surface area (Å²) in [7, 11) is 1.62. The van der Waals surface area contributed by atoms with Crippen molar-refractivity contribution in [1.82, 2.24) is 4.98 Å². The molecule has 0 aliphatic rings. The molecule has 0 bridgehead atoms. The summed E-state index contributed by atoms with van der Waals surface area (Å²) < 4.78 is 10.2. The quantitative estimate of drug-likeness (QED) is 0.743. The molecule has 16 heavy (non-hydrogen) atoms. The third-order valence-corrected chi connectivity index (χ3v) is 1.92. The van der Waals surface area contributed by atoms with Crippen LogP contribution in [0.5, 0.6) is 5.88 Å². The Kier molecular flexibility index (Phi) is 4.72. The summed E-state index contributed by atoms with van der Waals surface area (Å²) in [6.07, 6.45) is 0.745. The van der Waals surface area contributed by atoms with Crippen LogP contribution in [-0.4, -0.2) is 36.4 Å². The number of carboxylic acid groups (broad SMARTS) is 1. The number of hydrogen-bond donors (Lipinski definition) is 1. The second-order valence-electron chi connectivity index (χ2n) is 3.34. The fraction of sp³-hybridized carbons (Fsp3) is 0.455. The Labute approximate surface area is 94.0 Å². The van der Waals surface area contributed by atoms with Gasteiger partial charge in [0.2, 0.25) is 5.88 Å². The third-order valence-electron chi connectivity index (χ3n) is 1.92. The second kappa shape index (κ2) is 6.07. The Hall–Kier alpha value is -1.62. The Morgan fingerprint density at radius 2 is 2.19 bits per heavy atom. The van der Waals surface area contributed by atoms with Gasteiger partial charge in [0.05, 0.1) is 12.2 Å². The highest BCUT2D eigenvalue weighted by Gasteiger charge is 2.07. The maximum absolute atomic E-state index is 10.8. The lowest BCUT2D eigenvalue weighted by molar-refractivity contribution is 0.0696. The van der Waals surface area contributed by atoms with Gasteiger partial charge in [0.1, 0.15) is 0 Å². The van der Waals surface area contributed by atoms with Crippen molar-refractivity contribution in [3.8, 4) is 5.88 Å². The molecule has 0 amide bonds. The largest absolute Gasteiger partial charge is 0.478 e. The maximum atomic E-state index is 10.8. The van der Waals surface area contributed by atoms with Gasteiger partial charge in [0, 0.05) is 31.9 Å². The summed E-state index contributed by atoms with van der Waals surface area (Å²) in [6, 6.07) is 2.92. The smallest absolute Gasteiger partial charge is 0.335 e. The van der Waals surface area contributed by atoms with Gasteiger partial charge in [-0.05, 0) is 13.0 Å². The molecule has 0 atom stereocenters. The number of aryl methyl sites for hydroxylation is 1. The summed E-state index contributed by atoms with van der Waals surface area (Å²) >= 11 is 0. The number of aromatic carboxylic acids is 1. The van der Waals surface area contributed by atoms with Crippen LogP contribution < -0.4 is 4.74 Å². The molecule has 0 fully saturated rings. The molecule has 88 valence electrons. The van der Waals surface area contributed by atoms with E-state index in [2.05, 4.69) is 4.98 Å². The summed E-state index contributed by atoms with van der Waals surface area (Å²) in [5.41, 5.74) is 0.816. The first-order chi connectivity index (χ1) is 7.63. The molecule has 0 saturated heterocycles. The van der Waals surface area contributed by atoms with E-state index in [0.717, 1.165) is 6.42 Å². The normalized spacial score (nSPS) is 10.1. The van der Waals surface area contributed by atoms with Crippen molar-refractivity contribution in [2.45, 2.75) is 13.3 Å². The number of hydrogen-bond acceptors (Lipinski definition) is 4. The van der Waals surface area contributed by atoms with Gasteiger partial charge in [-0.2, -0.15) is 0 Å². The van der Waals surface area contributed by atoms with Gasteiger partial charge in [0.15, 0.2) is 0 Å². The van der Waals surface area contributed by atoms with Crippen LogP contribution in [0, 0.1) is 6.92 Å². The highest BCUT2D eigenvalue weighted by Crippen LogP contribution is 2.12. The van der Waals surface area contributed by atoms with Gasteiger partial charge in [-0.25, -0.2) is 9.78 Å². The van der Waals surface area contributed by atoms with Gasteiger partial charge in [-0.15, -0.1) is 0 Å². The average Bonchev–Trinajstić information content (AvgIpc) is 2.23. The topological polar surface area (TPSA) is 68.7 Å². The third kappa shape index (κ3) is 3.86. The highest BCUT2D eigenvalue weighted by atomic mass is 16.5. The molecule has 5 nitrogen and oxygen atoms in total. The van der Waals surface area contributed by atoms with E-state index in [1.54, 1.807) is 14.0 Å². The van der Waals surface area contributed by atoms with Crippen LogP contribution in [0.2, 0.25) is 0 Å². The number of carboxylic acids is 1. The molecule has 1 aromatic heterocycles. The second-order valence-corrected chi connectivity index (χ2v) is 3.34. The minimum atomic E-state index is -0.979. The Morgan fingerprint density at radius 3 is 2.81 bits per heavy atom. The minimum Gasteiger partial charge on any atom is -0.478 e. The fourth-order valence-electron chi connectivity index (χ4n) is 1.22. The molecular weight excluding hydrogens is 210 g/mol. The summed E-state index contributed by atoms with van der Waals surface area (Å²) in [5, 5.41) is 8.84. The van der Waals surface area contributed by atoms with Crippen LogP contribution >= 0.6 is 0 Å². The Bertz CT molecular complexity index is 365. The first-order valence-corrected chi connectivity index (χ1v) is 4.97. The Balaban J connectivity index is 2.62. The number of pyridine rings is 1. The van der Waals surface area contributed by atoms with E-state index in [4.69, 9.17) is 14.6 Å². The average molecular weight is 225 g/mol. The molecule has 1 N–H and O–H groups in total. The van der Waals surface area contributed by atoms with E-state index in [1.165, 1.54) is 12.1 Å². The molecule has 0 saturated carbocycles. The summed E-state index contributed by atoms with van der Waals surface area (Å²) in [6.45, 7) is 2.80. The van der Waals surface area contributed by atoms with E-state index >= 15 is 0 Å². The molecular formula is C11H15NO4. The van der Waals surface area contributed by atoms with Crippen molar-refractivity contribution in [3.63, 3.8) is 0 Å². The van der Waals surface area contributed by atoms with E-state index < -0.39 is 5.97 Å². The van der Waals surface area contributed by atoms with E-state index in [0.29, 0.717) is 24.8 Å². The summed E-state index contributed by atoms with van der Waals surface area (Å²) in [4.78, 5) is 14.9. The lowest BCUT2D eigenvalue weighted by Gasteiger charge is -2.06. The van der Waals surface area contributed by atoms with Crippen LogP contribution in [0.1, 0.15) is 22.5 Å². The van der Waals surface area contributed by atoms with Crippen LogP contribution in [0.25, 0.3) is 0 Å². The van der Waals surface area contributed by atoms with Crippen LogP contribution in [0.15, 0.2) is 12.1 Å². The van der Waals surface area contributed by atoms with Crippen molar-refractivity contribution >= 4 is 5.97 Å². The molecule has 0 spiro atoms. The molecule has 1 aromatic rings. The van der Waals surface area contributed by atoms with Gasteiger partial charge in [0.25, 0.3) is 0 Å². The zero-order valence-electron chi connectivity index (χ0n) is 9.40. The molecule has 0 aliphatic heterocycles. The number of carbonyl (C=O) groups is 1. The zero-order valence-corrected chi connectivity index (χ0v) is 9.40. The molecule has 1 heterocycles. The number of ether oxygens (including phenoxy) is 2. The van der Waals surface area contributed by atoms with Crippen molar-refractivity contribution < 1.29 is 19.4 Å². The summed E-state index contributed by atoms with van der Waals surface area (Å²) in [5.74, 6) is -0.638. The van der Waals surface area contributed by atoms with E-state index in [9.17, 15) is 4.79 Å². The van der Waals surface area contributed by atoms with Gasteiger partial charge in [-0.3, -0.25) is 0 Å². The monoisotopic (exact) mass is 225 g/mol. The zero-order chi connectivity index (χ0) is 12.0. The first-order valence-electron chi connectivity index (χ1n) is 4.97. The van der Waals surface area contributed by atoms with Crippen LogP contribution in [0.3, 0.4) is 0 Å². The Morgan fingerprint density at radius 1 is 1.44 bits per heavy atom. The lowest BCUT2D eigenvalue weighted by atomic mass is 10.2. The molecule has 1 rings (SSSR count). The molecule has 0 aliphatic carbocycles. The van der Waals surface area contributed by atoms with Crippen molar-refractivity contribution in [1.29, 1.82) is 0 Å². The van der Waals surface area contributed by atoms with Crippen LogP contribution in [-0.2, 0) is 4.74 Å². The maximum Gasteiger partial charge on any atom is 0.335 e. The fourth-order valence-corrected chi connectivity index (χ4v) is 1.22. The van der Waals surface area contributed by atoms with Crippen molar-refractivity contribution in [2.75, 3.05) is 20.3 Å². The predicted molar refractivity (Wildman–Crippen MR) is 57.9 cm³/mol.